The Hall–Kier alpha value is -3.22. The maximum atomic E-state index is 10.2. The van der Waals surface area contributed by atoms with Crippen molar-refractivity contribution in [3.63, 3.8) is 0 Å². The van der Waals surface area contributed by atoms with Crippen LogP contribution >= 0.6 is 0 Å². The van der Waals surface area contributed by atoms with E-state index in [1.54, 1.807) is 24.3 Å². The van der Waals surface area contributed by atoms with Gasteiger partial charge in [-0.05, 0) is 75.2 Å². The van der Waals surface area contributed by atoms with Crippen molar-refractivity contribution in [2.45, 2.75) is 39.9 Å². The van der Waals surface area contributed by atoms with E-state index < -0.39 is 12.2 Å². The molecule has 3 aromatic carbocycles. The van der Waals surface area contributed by atoms with Crippen LogP contribution < -0.4 is 20.1 Å². The Bertz CT molecular complexity index is 968. The quantitative estimate of drug-likeness (QED) is 0.313. The second kappa shape index (κ2) is 12.3. The van der Waals surface area contributed by atoms with Gasteiger partial charge in [0, 0.05) is 24.5 Å². The molecule has 0 spiro atoms. The van der Waals surface area contributed by atoms with E-state index in [4.69, 9.17) is 9.47 Å². The van der Waals surface area contributed by atoms with Crippen molar-refractivity contribution in [3.8, 4) is 11.5 Å². The van der Waals surface area contributed by atoms with Crippen molar-refractivity contribution in [3.05, 3.63) is 82.9 Å². The first-order chi connectivity index (χ1) is 16.3. The molecule has 0 fully saturated rings. The van der Waals surface area contributed by atoms with Crippen LogP contribution in [-0.2, 0) is 0 Å². The molecule has 34 heavy (non-hydrogen) atoms. The SMILES string of the molecule is Cc1ccc(NC[C@@H](O)COc2ccc(OC[C@H](O)CNc3ccc(C)cc3C)cc2)c(C)c1. The van der Waals surface area contributed by atoms with Gasteiger partial charge in [-0.25, -0.2) is 0 Å². The second-order valence-electron chi connectivity index (χ2n) is 8.80. The maximum Gasteiger partial charge on any atom is 0.119 e. The zero-order chi connectivity index (χ0) is 24.5. The summed E-state index contributed by atoms with van der Waals surface area (Å²) < 4.78 is 11.4. The number of aliphatic hydroxyl groups excluding tert-OH is 2. The second-order valence-corrected chi connectivity index (χ2v) is 8.80. The van der Waals surface area contributed by atoms with Crippen LogP contribution in [0.15, 0.2) is 60.7 Å². The molecule has 0 saturated heterocycles. The van der Waals surface area contributed by atoms with Gasteiger partial charge in [0.2, 0.25) is 0 Å². The average molecular weight is 465 g/mol. The Morgan fingerprint density at radius 3 is 1.35 bits per heavy atom. The Labute approximate surface area is 202 Å². The first-order valence-electron chi connectivity index (χ1n) is 11.6. The van der Waals surface area contributed by atoms with Gasteiger partial charge < -0.3 is 30.3 Å². The van der Waals surface area contributed by atoms with Gasteiger partial charge in [-0.1, -0.05) is 35.4 Å². The minimum atomic E-state index is -0.642. The van der Waals surface area contributed by atoms with Gasteiger partial charge in [-0.2, -0.15) is 0 Å². The van der Waals surface area contributed by atoms with Gasteiger partial charge in [-0.15, -0.1) is 0 Å². The third kappa shape index (κ3) is 7.97. The smallest absolute Gasteiger partial charge is 0.119 e. The molecule has 0 aliphatic rings. The predicted molar refractivity (Wildman–Crippen MR) is 138 cm³/mol. The highest BCUT2D eigenvalue weighted by Crippen LogP contribution is 2.19. The molecule has 0 bridgehead atoms. The monoisotopic (exact) mass is 464 g/mol. The molecule has 0 aliphatic heterocycles. The molecule has 0 heterocycles. The van der Waals surface area contributed by atoms with Crippen molar-refractivity contribution in [1.29, 1.82) is 0 Å². The molecule has 0 amide bonds. The zero-order valence-electron chi connectivity index (χ0n) is 20.5. The summed E-state index contributed by atoms with van der Waals surface area (Å²) >= 11 is 0. The molecule has 0 unspecified atom stereocenters. The molecular weight excluding hydrogens is 428 g/mol. The Kier molecular flexibility index (Phi) is 9.19. The van der Waals surface area contributed by atoms with Crippen LogP contribution in [0.25, 0.3) is 0 Å². The molecule has 6 heteroatoms. The van der Waals surface area contributed by atoms with Crippen LogP contribution in [0.1, 0.15) is 22.3 Å². The normalized spacial score (nSPS) is 12.6. The van der Waals surface area contributed by atoms with Crippen LogP contribution in [0.5, 0.6) is 11.5 Å². The highest BCUT2D eigenvalue weighted by molar-refractivity contribution is 5.52. The van der Waals surface area contributed by atoms with Crippen LogP contribution in [0.3, 0.4) is 0 Å². The minimum Gasteiger partial charge on any atom is -0.491 e. The molecule has 3 rings (SSSR count). The zero-order valence-corrected chi connectivity index (χ0v) is 20.5. The van der Waals surface area contributed by atoms with E-state index in [9.17, 15) is 10.2 Å². The lowest BCUT2D eigenvalue weighted by Crippen LogP contribution is -2.26. The molecule has 4 N–H and O–H groups in total. The summed E-state index contributed by atoms with van der Waals surface area (Å²) in [7, 11) is 0. The molecule has 0 radical (unpaired) electrons. The maximum absolute atomic E-state index is 10.2. The van der Waals surface area contributed by atoms with E-state index in [0.29, 0.717) is 24.6 Å². The molecule has 3 aromatic rings. The predicted octanol–water partition coefficient (Wildman–Crippen LogP) is 4.62. The summed E-state index contributed by atoms with van der Waals surface area (Å²) in [5.74, 6) is 1.30. The third-order valence-corrected chi connectivity index (χ3v) is 5.53. The number of benzene rings is 3. The van der Waals surface area contributed by atoms with Crippen molar-refractivity contribution in [1.82, 2.24) is 0 Å². The Morgan fingerprint density at radius 1 is 0.618 bits per heavy atom. The van der Waals surface area contributed by atoms with E-state index in [-0.39, 0.29) is 13.2 Å². The summed E-state index contributed by atoms with van der Waals surface area (Å²) in [6, 6.07) is 19.5. The standard InChI is InChI=1S/C28H36N2O4/c1-19-5-11-27(21(3)13-19)29-15-23(31)17-33-25-7-9-26(10-8-25)34-18-24(32)16-30-28-12-6-20(2)14-22(28)4/h5-14,23-24,29-32H,15-18H2,1-4H3/t23-,24-/m1/s1. The lowest BCUT2D eigenvalue weighted by atomic mass is 10.1. The summed E-state index contributed by atoms with van der Waals surface area (Å²) in [6.07, 6.45) is -1.28. The highest BCUT2D eigenvalue weighted by atomic mass is 16.5. The molecule has 0 saturated carbocycles. The number of hydrogen-bond acceptors (Lipinski definition) is 6. The third-order valence-electron chi connectivity index (χ3n) is 5.53. The number of rotatable bonds is 12. The number of nitrogens with one attached hydrogen (secondary N) is 2. The highest BCUT2D eigenvalue weighted by Gasteiger charge is 2.09. The first-order valence-corrected chi connectivity index (χ1v) is 11.6. The lowest BCUT2D eigenvalue weighted by Gasteiger charge is -2.17. The van der Waals surface area contributed by atoms with Gasteiger partial charge in [0.05, 0.1) is 0 Å². The van der Waals surface area contributed by atoms with Crippen molar-refractivity contribution in [2.24, 2.45) is 0 Å². The Morgan fingerprint density at radius 2 is 1.00 bits per heavy atom. The van der Waals surface area contributed by atoms with Crippen molar-refractivity contribution < 1.29 is 19.7 Å². The van der Waals surface area contributed by atoms with E-state index in [1.807, 2.05) is 38.1 Å². The number of anilines is 2. The molecule has 6 nitrogen and oxygen atoms in total. The van der Waals surface area contributed by atoms with Crippen LogP contribution in [-0.4, -0.2) is 48.7 Å². The van der Waals surface area contributed by atoms with Gasteiger partial charge >= 0.3 is 0 Å². The summed E-state index contributed by atoms with van der Waals surface area (Å²) in [5, 5.41) is 27.0. The number of aliphatic hydroxyl groups is 2. The van der Waals surface area contributed by atoms with Crippen molar-refractivity contribution >= 4 is 11.4 Å². The van der Waals surface area contributed by atoms with Gasteiger partial charge in [0.25, 0.3) is 0 Å². The van der Waals surface area contributed by atoms with Gasteiger partial charge in [0.15, 0.2) is 0 Å². The average Bonchev–Trinajstić information content (AvgIpc) is 2.81. The topological polar surface area (TPSA) is 83.0 Å². The van der Waals surface area contributed by atoms with Gasteiger partial charge in [0.1, 0.15) is 36.9 Å². The van der Waals surface area contributed by atoms with Crippen LogP contribution in [0.4, 0.5) is 11.4 Å². The molecule has 0 aliphatic carbocycles. The largest absolute Gasteiger partial charge is 0.491 e. The van der Waals surface area contributed by atoms with Crippen LogP contribution in [0, 0.1) is 27.7 Å². The summed E-state index contributed by atoms with van der Waals surface area (Å²) in [5.41, 5.74) is 6.74. The molecular formula is C28H36N2O4. The molecule has 182 valence electrons. The van der Waals surface area contributed by atoms with Crippen molar-refractivity contribution in [2.75, 3.05) is 36.9 Å². The summed E-state index contributed by atoms with van der Waals surface area (Å²) in [6.45, 7) is 9.37. The number of ether oxygens (including phenoxy) is 2. The minimum absolute atomic E-state index is 0.181. The Balaban J connectivity index is 1.36. The number of hydrogen-bond donors (Lipinski definition) is 4. The fourth-order valence-electron chi connectivity index (χ4n) is 3.61. The van der Waals surface area contributed by atoms with Gasteiger partial charge in [-0.3, -0.25) is 0 Å². The summed E-state index contributed by atoms with van der Waals surface area (Å²) in [4.78, 5) is 0. The fourth-order valence-corrected chi connectivity index (χ4v) is 3.61. The van der Waals surface area contributed by atoms with E-state index in [2.05, 4.69) is 36.6 Å². The lowest BCUT2D eigenvalue weighted by molar-refractivity contribution is 0.115. The number of aryl methyl sites for hydroxylation is 4. The fraction of sp³-hybridized carbons (Fsp3) is 0.357. The van der Waals surface area contributed by atoms with Crippen LogP contribution in [0.2, 0.25) is 0 Å². The van der Waals surface area contributed by atoms with E-state index >= 15 is 0 Å². The molecule has 2 atom stereocenters. The van der Waals surface area contributed by atoms with E-state index in [0.717, 1.165) is 22.5 Å². The molecule has 0 aromatic heterocycles. The van der Waals surface area contributed by atoms with E-state index in [1.165, 1.54) is 11.1 Å². The first kappa shape index (κ1) is 25.4.